The SMILES string of the molecule is CCN(CC)CCSCc1ccc(C=O)o1. The molecule has 0 bridgehead atoms. The number of nitrogens with zero attached hydrogens (tertiary/aromatic N) is 1. The second kappa shape index (κ2) is 7.52. The van der Waals surface area contributed by atoms with E-state index in [1.165, 1.54) is 0 Å². The van der Waals surface area contributed by atoms with E-state index in [0.29, 0.717) is 5.76 Å². The molecule has 0 atom stereocenters. The minimum absolute atomic E-state index is 0.416. The molecule has 0 saturated heterocycles. The van der Waals surface area contributed by atoms with E-state index in [2.05, 4.69) is 18.7 Å². The molecule has 0 spiro atoms. The zero-order valence-electron chi connectivity index (χ0n) is 9.94. The minimum atomic E-state index is 0.416. The normalized spacial score (nSPS) is 10.9. The number of thioether (sulfide) groups is 1. The lowest BCUT2D eigenvalue weighted by atomic mass is 10.4. The summed E-state index contributed by atoms with van der Waals surface area (Å²) in [6, 6.07) is 3.58. The van der Waals surface area contributed by atoms with Gasteiger partial charge in [-0.2, -0.15) is 11.8 Å². The van der Waals surface area contributed by atoms with E-state index in [0.717, 1.165) is 43.2 Å². The zero-order chi connectivity index (χ0) is 11.8. The molecule has 0 fully saturated rings. The van der Waals surface area contributed by atoms with Crippen LogP contribution in [0.4, 0.5) is 0 Å². The molecule has 0 saturated carbocycles. The molecule has 0 aliphatic carbocycles. The molecule has 3 nitrogen and oxygen atoms in total. The Morgan fingerprint density at radius 3 is 2.69 bits per heavy atom. The molecule has 0 unspecified atom stereocenters. The largest absolute Gasteiger partial charge is 0.457 e. The van der Waals surface area contributed by atoms with Crippen LogP contribution in [0.1, 0.15) is 30.2 Å². The highest BCUT2D eigenvalue weighted by Gasteiger charge is 2.02. The van der Waals surface area contributed by atoms with Crippen LogP contribution in [0.5, 0.6) is 0 Å². The van der Waals surface area contributed by atoms with Crippen molar-refractivity contribution in [3.63, 3.8) is 0 Å². The predicted octanol–water partition coefficient (Wildman–Crippen LogP) is 2.67. The second-order valence-electron chi connectivity index (χ2n) is 3.50. The van der Waals surface area contributed by atoms with Crippen LogP contribution in [0.3, 0.4) is 0 Å². The summed E-state index contributed by atoms with van der Waals surface area (Å²) in [5.41, 5.74) is 0. The molecule has 0 aliphatic rings. The van der Waals surface area contributed by atoms with Crippen LogP contribution in [-0.2, 0) is 5.75 Å². The molecule has 1 heterocycles. The smallest absolute Gasteiger partial charge is 0.185 e. The topological polar surface area (TPSA) is 33.5 Å². The molecule has 1 rings (SSSR count). The molecule has 0 N–H and O–H groups in total. The van der Waals surface area contributed by atoms with E-state index in [9.17, 15) is 4.79 Å². The number of carbonyl (C=O) groups is 1. The van der Waals surface area contributed by atoms with Gasteiger partial charge in [-0.25, -0.2) is 0 Å². The Bertz CT molecular complexity index is 308. The molecular formula is C12H19NO2S. The first kappa shape index (κ1) is 13.3. The maximum absolute atomic E-state index is 10.4. The Kier molecular flexibility index (Phi) is 6.26. The van der Waals surface area contributed by atoms with Gasteiger partial charge in [-0.05, 0) is 25.2 Å². The molecular weight excluding hydrogens is 222 g/mol. The highest BCUT2D eigenvalue weighted by Crippen LogP contribution is 2.14. The summed E-state index contributed by atoms with van der Waals surface area (Å²) < 4.78 is 5.29. The van der Waals surface area contributed by atoms with Gasteiger partial charge in [-0.1, -0.05) is 13.8 Å². The number of hydrogen-bond acceptors (Lipinski definition) is 4. The summed E-state index contributed by atoms with van der Waals surface area (Å²) in [7, 11) is 0. The van der Waals surface area contributed by atoms with Crippen LogP contribution < -0.4 is 0 Å². The van der Waals surface area contributed by atoms with Crippen molar-refractivity contribution >= 4 is 18.0 Å². The minimum Gasteiger partial charge on any atom is -0.457 e. The van der Waals surface area contributed by atoms with Gasteiger partial charge in [0.1, 0.15) is 5.76 Å². The lowest BCUT2D eigenvalue weighted by Crippen LogP contribution is -2.25. The molecule has 0 radical (unpaired) electrons. The molecule has 1 aromatic heterocycles. The molecule has 0 aromatic carbocycles. The van der Waals surface area contributed by atoms with Crippen LogP contribution >= 0.6 is 11.8 Å². The van der Waals surface area contributed by atoms with Gasteiger partial charge >= 0.3 is 0 Å². The molecule has 90 valence electrons. The summed E-state index contributed by atoms with van der Waals surface area (Å²) in [5, 5.41) is 0. The van der Waals surface area contributed by atoms with Crippen molar-refractivity contribution in [3.05, 3.63) is 23.7 Å². The summed E-state index contributed by atoms with van der Waals surface area (Å²) in [4.78, 5) is 12.8. The monoisotopic (exact) mass is 241 g/mol. The van der Waals surface area contributed by atoms with Crippen molar-refractivity contribution in [1.82, 2.24) is 4.90 Å². The Hall–Kier alpha value is -0.740. The summed E-state index contributed by atoms with van der Waals surface area (Å²) in [6.45, 7) is 7.67. The van der Waals surface area contributed by atoms with Crippen LogP contribution in [0, 0.1) is 0 Å². The van der Waals surface area contributed by atoms with E-state index >= 15 is 0 Å². The van der Waals surface area contributed by atoms with Crippen LogP contribution in [0.15, 0.2) is 16.5 Å². The fourth-order valence-electron chi connectivity index (χ4n) is 1.44. The molecule has 0 aliphatic heterocycles. The summed E-state index contributed by atoms with van der Waals surface area (Å²) in [5.74, 6) is 3.24. The van der Waals surface area contributed by atoms with Gasteiger partial charge < -0.3 is 9.32 Å². The Labute approximate surface area is 101 Å². The average Bonchev–Trinajstić information content (AvgIpc) is 2.77. The first-order valence-electron chi connectivity index (χ1n) is 5.64. The lowest BCUT2D eigenvalue weighted by Gasteiger charge is -2.16. The van der Waals surface area contributed by atoms with E-state index in [-0.39, 0.29) is 0 Å². The Morgan fingerprint density at radius 2 is 2.12 bits per heavy atom. The van der Waals surface area contributed by atoms with Crippen molar-refractivity contribution in [2.24, 2.45) is 0 Å². The molecule has 0 amide bonds. The Balaban J connectivity index is 2.17. The van der Waals surface area contributed by atoms with Gasteiger partial charge in [0.05, 0.1) is 5.75 Å². The van der Waals surface area contributed by atoms with Gasteiger partial charge in [0, 0.05) is 12.3 Å². The molecule has 1 aromatic rings. The van der Waals surface area contributed by atoms with E-state index in [4.69, 9.17) is 4.42 Å². The van der Waals surface area contributed by atoms with Gasteiger partial charge in [0.15, 0.2) is 12.0 Å². The number of rotatable bonds is 8. The summed E-state index contributed by atoms with van der Waals surface area (Å²) >= 11 is 1.84. The van der Waals surface area contributed by atoms with Gasteiger partial charge in [0.2, 0.25) is 0 Å². The fraction of sp³-hybridized carbons (Fsp3) is 0.583. The van der Waals surface area contributed by atoms with Gasteiger partial charge in [-0.3, -0.25) is 4.79 Å². The quantitative estimate of drug-likeness (QED) is 0.517. The number of hydrogen-bond donors (Lipinski definition) is 0. The van der Waals surface area contributed by atoms with Crippen LogP contribution in [-0.4, -0.2) is 36.6 Å². The van der Waals surface area contributed by atoms with Crippen LogP contribution in [0.2, 0.25) is 0 Å². The van der Waals surface area contributed by atoms with E-state index in [1.807, 2.05) is 17.8 Å². The zero-order valence-corrected chi connectivity index (χ0v) is 10.8. The van der Waals surface area contributed by atoms with Crippen molar-refractivity contribution in [2.45, 2.75) is 19.6 Å². The van der Waals surface area contributed by atoms with Crippen LogP contribution in [0.25, 0.3) is 0 Å². The summed E-state index contributed by atoms with van der Waals surface area (Å²) in [6.07, 6.45) is 0.740. The van der Waals surface area contributed by atoms with Crippen molar-refractivity contribution in [3.8, 4) is 0 Å². The lowest BCUT2D eigenvalue weighted by molar-refractivity contribution is 0.109. The third kappa shape index (κ3) is 4.41. The molecule has 16 heavy (non-hydrogen) atoms. The maximum atomic E-state index is 10.4. The fourth-order valence-corrected chi connectivity index (χ4v) is 2.33. The Morgan fingerprint density at radius 1 is 1.38 bits per heavy atom. The van der Waals surface area contributed by atoms with Crippen molar-refractivity contribution in [1.29, 1.82) is 0 Å². The standard InChI is InChI=1S/C12H19NO2S/c1-3-13(4-2)7-8-16-10-12-6-5-11(9-14)15-12/h5-6,9H,3-4,7-8,10H2,1-2H3. The first-order valence-corrected chi connectivity index (χ1v) is 6.79. The van der Waals surface area contributed by atoms with Crippen molar-refractivity contribution < 1.29 is 9.21 Å². The van der Waals surface area contributed by atoms with Gasteiger partial charge in [0.25, 0.3) is 0 Å². The highest BCUT2D eigenvalue weighted by molar-refractivity contribution is 7.98. The number of carbonyl (C=O) groups excluding carboxylic acids is 1. The predicted molar refractivity (Wildman–Crippen MR) is 68.0 cm³/mol. The average molecular weight is 241 g/mol. The van der Waals surface area contributed by atoms with Gasteiger partial charge in [-0.15, -0.1) is 0 Å². The van der Waals surface area contributed by atoms with Crippen molar-refractivity contribution in [2.75, 3.05) is 25.4 Å². The van der Waals surface area contributed by atoms with E-state index < -0.39 is 0 Å². The number of aldehydes is 1. The second-order valence-corrected chi connectivity index (χ2v) is 4.61. The highest BCUT2D eigenvalue weighted by atomic mass is 32.2. The molecule has 4 heteroatoms. The number of furan rings is 1. The van der Waals surface area contributed by atoms with E-state index in [1.54, 1.807) is 6.07 Å². The third-order valence-electron chi connectivity index (χ3n) is 2.49. The maximum Gasteiger partial charge on any atom is 0.185 e. The first-order chi connectivity index (χ1) is 7.80. The third-order valence-corrected chi connectivity index (χ3v) is 3.45.